The molecule has 0 radical (unpaired) electrons. The van der Waals surface area contributed by atoms with Crippen molar-refractivity contribution in [2.45, 2.75) is 19.9 Å². The highest BCUT2D eigenvalue weighted by Gasteiger charge is 2.30. The van der Waals surface area contributed by atoms with Crippen LogP contribution in [0.15, 0.2) is 18.2 Å². The number of rotatable bonds is 2. The number of carboxylic acid groups (broad SMARTS) is 1. The van der Waals surface area contributed by atoms with Gasteiger partial charge >= 0.3 is 5.97 Å². The topological polar surface area (TPSA) is 78.4 Å². The van der Waals surface area contributed by atoms with E-state index < -0.39 is 12.0 Å². The summed E-state index contributed by atoms with van der Waals surface area (Å²) in [6.45, 7) is 3.82. The molecule has 3 N–H and O–H groups in total. The summed E-state index contributed by atoms with van der Waals surface area (Å²) >= 11 is 0. The molecule has 0 fully saturated rings. The standard InChI is InChI=1S/C12H14N2O3/c1-6(2)9-11(15)13-8-5-3-4-7(12(16)17)10(8)14-9/h3-6,9,14H,1-2H3,(H,13,15)(H,16,17). The van der Waals surface area contributed by atoms with Crippen LogP contribution in [-0.4, -0.2) is 23.0 Å². The van der Waals surface area contributed by atoms with E-state index in [-0.39, 0.29) is 17.4 Å². The minimum Gasteiger partial charge on any atom is -0.478 e. The Kier molecular flexibility index (Phi) is 2.75. The van der Waals surface area contributed by atoms with Crippen molar-refractivity contribution in [3.05, 3.63) is 23.8 Å². The van der Waals surface area contributed by atoms with Crippen LogP contribution in [0.5, 0.6) is 0 Å². The molecule has 0 aromatic heterocycles. The lowest BCUT2D eigenvalue weighted by Crippen LogP contribution is -2.42. The molecule has 1 amide bonds. The molecule has 1 atom stereocenters. The summed E-state index contributed by atoms with van der Waals surface area (Å²) in [5, 5.41) is 14.8. The van der Waals surface area contributed by atoms with Crippen molar-refractivity contribution in [1.82, 2.24) is 0 Å². The number of hydrogen-bond acceptors (Lipinski definition) is 3. The van der Waals surface area contributed by atoms with E-state index in [1.165, 1.54) is 6.07 Å². The summed E-state index contributed by atoms with van der Waals surface area (Å²) in [7, 11) is 0. The molecule has 0 bridgehead atoms. The Hall–Kier alpha value is -2.04. The SMILES string of the molecule is CC(C)C1Nc2c(cccc2C(=O)O)NC1=O. The van der Waals surface area contributed by atoms with Gasteiger partial charge in [0.25, 0.3) is 0 Å². The molecule has 0 saturated carbocycles. The first-order valence-corrected chi connectivity index (χ1v) is 5.44. The van der Waals surface area contributed by atoms with E-state index >= 15 is 0 Å². The van der Waals surface area contributed by atoms with Crippen LogP contribution in [0.1, 0.15) is 24.2 Å². The Morgan fingerprint density at radius 2 is 2.12 bits per heavy atom. The van der Waals surface area contributed by atoms with E-state index in [1.807, 2.05) is 13.8 Å². The zero-order valence-corrected chi connectivity index (χ0v) is 9.65. The van der Waals surface area contributed by atoms with Crippen molar-refractivity contribution >= 4 is 23.3 Å². The normalized spacial score (nSPS) is 18.3. The van der Waals surface area contributed by atoms with E-state index in [1.54, 1.807) is 12.1 Å². The van der Waals surface area contributed by atoms with Gasteiger partial charge in [0.2, 0.25) is 5.91 Å². The van der Waals surface area contributed by atoms with E-state index in [0.29, 0.717) is 11.4 Å². The number of carboxylic acids is 1. The van der Waals surface area contributed by atoms with Gasteiger partial charge in [-0.15, -0.1) is 0 Å². The smallest absolute Gasteiger partial charge is 0.337 e. The van der Waals surface area contributed by atoms with Gasteiger partial charge in [-0.3, -0.25) is 4.79 Å². The second-order valence-electron chi connectivity index (χ2n) is 4.39. The third-order valence-corrected chi connectivity index (χ3v) is 2.80. The van der Waals surface area contributed by atoms with E-state index in [2.05, 4.69) is 10.6 Å². The highest BCUT2D eigenvalue weighted by atomic mass is 16.4. The molecule has 1 aromatic rings. The lowest BCUT2D eigenvalue weighted by atomic mass is 9.99. The fraction of sp³-hybridized carbons (Fsp3) is 0.333. The Balaban J connectivity index is 2.46. The third-order valence-electron chi connectivity index (χ3n) is 2.80. The monoisotopic (exact) mass is 234 g/mol. The summed E-state index contributed by atoms with van der Waals surface area (Å²) in [6, 6.07) is 4.41. The molecule has 5 heteroatoms. The number of anilines is 2. The second kappa shape index (κ2) is 4.08. The van der Waals surface area contributed by atoms with Gasteiger partial charge in [-0.2, -0.15) is 0 Å². The fourth-order valence-electron chi connectivity index (χ4n) is 1.89. The largest absolute Gasteiger partial charge is 0.478 e. The number of carbonyl (C=O) groups is 2. The number of amides is 1. The number of aromatic carboxylic acids is 1. The molecule has 1 aliphatic heterocycles. The van der Waals surface area contributed by atoms with Gasteiger partial charge in [0.15, 0.2) is 0 Å². The van der Waals surface area contributed by atoms with Crippen molar-refractivity contribution in [3.8, 4) is 0 Å². The van der Waals surface area contributed by atoms with Crippen molar-refractivity contribution in [2.24, 2.45) is 5.92 Å². The van der Waals surface area contributed by atoms with Gasteiger partial charge in [0.1, 0.15) is 6.04 Å². The van der Waals surface area contributed by atoms with Gasteiger partial charge in [-0.05, 0) is 18.1 Å². The van der Waals surface area contributed by atoms with Crippen molar-refractivity contribution in [1.29, 1.82) is 0 Å². The third kappa shape index (κ3) is 1.95. The molecular weight excluding hydrogens is 220 g/mol. The average Bonchev–Trinajstić information content (AvgIpc) is 2.26. The summed E-state index contributed by atoms with van der Waals surface area (Å²) in [5.41, 5.74) is 1.18. The summed E-state index contributed by atoms with van der Waals surface area (Å²) < 4.78 is 0. The van der Waals surface area contributed by atoms with Crippen molar-refractivity contribution < 1.29 is 14.7 Å². The molecule has 1 aliphatic rings. The predicted octanol–water partition coefficient (Wildman–Crippen LogP) is 1.77. The second-order valence-corrected chi connectivity index (χ2v) is 4.39. The quantitative estimate of drug-likeness (QED) is 0.728. The first-order chi connectivity index (χ1) is 8.00. The Morgan fingerprint density at radius 3 is 2.71 bits per heavy atom. The molecule has 0 aliphatic carbocycles. The van der Waals surface area contributed by atoms with Crippen LogP contribution in [0, 0.1) is 5.92 Å². The molecule has 5 nitrogen and oxygen atoms in total. The summed E-state index contributed by atoms with van der Waals surface area (Å²) in [5.74, 6) is -1.05. The van der Waals surface area contributed by atoms with Crippen molar-refractivity contribution in [3.63, 3.8) is 0 Å². The predicted molar refractivity (Wildman–Crippen MR) is 64.3 cm³/mol. The first kappa shape index (κ1) is 11.4. The molecule has 1 unspecified atom stereocenters. The van der Waals surface area contributed by atoms with Gasteiger partial charge in [0, 0.05) is 0 Å². The average molecular weight is 234 g/mol. The number of carbonyl (C=O) groups excluding carboxylic acids is 1. The van der Waals surface area contributed by atoms with E-state index in [4.69, 9.17) is 5.11 Å². The van der Waals surface area contributed by atoms with Crippen LogP contribution in [-0.2, 0) is 4.79 Å². The Morgan fingerprint density at radius 1 is 1.41 bits per heavy atom. The summed E-state index contributed by atoms with van der Waals surface area (Å²) in [6.07, 6.45) is 0. The fourth-order valence-corrected chi connectivity index (χ4v) is 1.89. The highest BCUT2D eigenvalue weighted by Crippen LogP contribution is 2.31. The highest BCUT2D eigenvalue weighted by molar-refractivity contribution is 6.08. The summed E-state index contributed by atoms with van der Waals surface area (Å²) in [4.78, 5) is 22.8. The molecule has 0 saturated heterocycles. The number of hydrogen-bond donors (Lipinski definition) is 3. The maximum Gasteiger partial charge on any atom is 0.337 e. The maximum absolute atomic E-state index is 11.8. The van der Waals surface area contributed by atoms with Gasteiger partial charge in [0.05, 0.1) is 16.9 Å². The van der Waals surface area contributed by atoms with Crippen LogP contribution in [0.3, 0.4) is 0 Å². The lowest BCUT2D eigenvalue weighted by Gasteiger charge is -2.30. The molecular formula is C12H14N2O3. The zero-order chi connectivity index (χ0) is 12.6. The number of fused-ring (bicyclic) bond motifs is 1. The first-order valence-electron chi connectivity index (χ1n) is 5.44. The van der Waals surface area contributed by atoms with E-state index in [9.17, 15) is 9.59 Å². The Labute approximate surface area is 98.8 Å². The number of benzene rings is 1. The molecule has 2 rings (SSSR count). The van der Waals surface area contributed by atoms with Gasteiger partial charge < -0.3 is 15.7 Å². The van der Waals surface area contributed by atoms with Crippen molar-refractivity contribution in [2.75, 3.05) is 10.6 Å². The van der Waals surface area contributed by atoms with E-state index in [0.717, 1.165) is 0 Å². The van der Waals surface area contributed by atoms with Gasteiger partial charge in [-0.25, -0.2) is 4.79 Å². The molecule has 1 aromatic carbocycles. The number of nitrogens with one attached hydrogen (secondary N) is 2. The number of para-hydroxylation sites is 1. The Bertz CT molecular complexity index is 483. The maximum atomic E-state index is 11.8. The van der Waals surface area contributed by atoms with Crippen LogP contribution in [0.4, 0.5) is 11.4 Å². The minimum absolute atomic E-state index is 0.0880. The van der Waals surface area contributed by atoms with Gasteiger partial charge in [-0.1, -0.05) is 19.9 Å². The molecule has 90 valence electrons. The lowest BCUT2D eigenvalue weighted by molar-refractivity contribution is -0.117. The van der Waals surface area contributed by atoms with Crippen LogP contribution in [0.2, 0.25) is 0 Å². The van der Waals surface area contributed by atoms with Crippen LogP contribution >= 0.6 is 0 Å². The molecule has 1 heterocycles. The molecule has 0 spiro atoms. The minimum atomic E-state index is -1.01. The van der Waals surface area contributed by atoms with Crippen LogP contribution < -0.4 is 10.6 Å². The molecule has 17 heavy (non-hydrogen) atoms. The zero-order valence-electron chi connectivity index (χ0n) is 9.65. The van der Waals surface area contributed by atoms with Crippen LogP contribution in [0.25, 0.3) is 0 Å².